The van der Waals surface area contributed by atoms with Crippen LogP contribution in [0, 0.1) is 0 Å². The SMILES string of the molecule is O=C(CS(=O)(=O)c1ccc(Cl)cc1)NCCC(=O)N1CCCC1. The molecule has 1 N–H and O–H groups in total. The van der Waals surface area contributed by atoms with Crippen LogP contribution in [0.15, 0.2) is 29.2 Å². The lowest BCUT2D eigenvalue weighted by Gasteiger charge is -2.15. The van der Waals surface area contributed by atoms with E-state index < -0.39 is 21.5 Å². The van der Waals surface area contributed by atoms with Crippen molar-refractivity contribution >= 4 is 33.3 Å². The molecule has 23 heavy (non-hydrogen) atoms. The molecule has 0 bridgehead atoms. The molecule has 0 unspecified atom stereocenters. The lowest BCUT2D eigenvalue weighted by molar-refractivity contribution is -0.130. The maximum atomic E-state index is 12.1. The number of hydrogen-bond donors (Lipinski definition) is 1. The van der Waals surface area contributed by atoms with Gasteiger partial charge in [0, 0.05) is 31.1 Å². The number of likely N-dealkylation sites (tertiary alicyclic amines) is 1. The Morgan fingerprint density at radius 2 is 1.74 bits per heavy atom. The van der Waals surface area contributed by atoms with E-state index in [2.05, 4.69) is 5.32 Å². The number of sulfone groups is 1. The standard InChI is InChI=1S/C15H19ClN2O4S/c16-12-3-5-13(6-4-12)23(21,22)11-14(19)17-8-7-15(20)18-9-1-2-10-18/h3-6H,1-2,7-11H2,(H,17,19). The van der Waals surface area contributed by atoms with E-state index in [-0.39, 0.29) is 23.8 Å². The van der Waals surface area contributed by atoms with Crippen molar-refractivity contribution in [1.82, 2.24) is 10.2 Å². The molecule has 0 spiro atoms. The number of benzene rings is 1. The predicted molar refractivity (Wildman–Crippen MR) is 86.9 cm³/mol. The second kappa shape index (κ2) is 7.79. The van der Waals surface area contributed by atoms with Crippen LogP contribution in [-0.4, -0.2) is 50.5 Å². The molecule has 1 aliphatic heterocycles. The summed E-state index contributed by atoms with van der Waals surface area (Å²) in [6.07, 6.45) is 2.21. The Hall–Kier alpha value is -1.60. The van der Waals surface area contributed by atoms with Crippen LogP contribution in [0.3, 0.4) is 0 Å². The van der Waals surface area contributed by atoms with E-state index in [1.807, 2.05) is 0 Å². The van der Waals surface area contributed by atoms with Gasteiger partial charge >= 0.3 is 0 Å². The Kier molecular flexibility index (Phi) is 6.01. The first kappa shape index (κ1) is 17.7. The van der Waals surface area contributed by atoms with Crippen molar-refractivity contribution in [2.24, 2.45) is 0 Å². The smallest absolute Gasteiger partial charge is 0.235 e. The van der Waals surface area contributed by atoms with Gasteiger partial charge in [-0.05, 0) is 37.1 Å². The van der Waals surface area contributed by atoms with Gasteiger partial charge in [0.25, 0.3) is 0 Å². The number of rotatable bonds is 6. The van der Waals surface area contributed by atoms with Crippen molar-refractivity contribution in [3.05, 3.63) is 29.3 Å². The molecule has 1 aromatic carbocycles. The van der Waals surface area contributed by atoms with Gasteiger partial charge in [-0.15, -0.1) is 0 Å². The van der Waals surface area contributed by atoms with E-state index in [9.17, 15) is 18.0 Å². The Morgan fingerprint density at radius 3 is 2.35 bits per heavy atom. The van der Waals surface area contributed by atoms with Crippen LogP contribution in [-0.2, 0) is 19.4 Å². The fourth-order valence-electron chi connectivity index (χ4n) is 2.38. The van der Waals surface area contributed by atoms with Crippen molar-refractivity contribution in [3.63, 3.8) is 0 Å². The fourth-order valence-corrected chi connectivity index (χ4v) is 3.67. The topological polar surface area (TPSA) is 83.5 Å². The second-order valence-electron chi connectivity index (χ2n) is 5.40. The number of amides is 2. The first-order valence-corrected chi connectivity index (χ1v) is 9.44. The van der Waals surface area contributed by atoms with Crippen molar-refractivity contribution in [2.75, 3.05) is 25.4 Å². The fraction of sp³-hybridized carbons (Fsp3) is 0.467. The van der Waals surface area contributed by atoms with Crippen molar-refractivity contribution in [1.29, 1.82) is 0 Å². The van der Waals surface area contributed by atoms with Crippen LogP contribution < -0.4 is 5.32 Å². The summed E-state index contributed by atoms with van der Waals surface area (Å²) in [7, 11) is -3.71. The summed E-state index contributed by atoms with van der Waals surface area (Å²) in [5, 5.41) is 2.91. The summed E-state index contributed by atoms with van der Waals surface area (Å²) >= 11 is 5.71. The first-order valence-electron chi connectivity index (χ1n) is 7.41. The molecule has 0 radical (unpaired) electrons. The Bertz CT molecular complexity index is 667. The van der Waals surface area contributed by atoms with Crippen LogP contribution in [0.4, 0.5) is 0 Å². The van der Waals surface area contributed by atoms with Crippen molar-refractivity contribution < 1.29 is 18.0 Å². The number of hydrogen-bond acceptors (Lipinski definition) is 4. The van der Waals surface area contributed by atoms with Crippen LogP contribution >= 0.6 is 11.6 Å². The third-order valence-electron chi connectivity index (χ3n) is 3.61. The molecular formula is C15H19ClN2O4S. The summed E-state index contributed by atoms with van der Waals surface area (Å²) in [4.78, 5) is 25.4. The average molecular weight is 359 g/mol. The number of carbonyl (C=O) groups excluding carboxylic acids is 2. The molecule has 1 aromatic rings. The molecule has 6 nitrogen and oxygen atoms in total. The summed E-state index contributed by atoms with van der Waals surface area (Å²) in [5.41, 5.74) is 0. The van der Waals surface area contributed by atoms with E-state index in [0.717, 1.165) is 25.9 Å². The summed E-state index contributed by atoms with van der Waals surface area (Å²) in [6.45, 7) is 1.67. The predicted octanol–water partition coefficient (Wildman–Crippen LogP) is 1.24. The maximum Gasteiger partial charge on any atom is 0.235 e. The highest BCUT2D eigenvalue weighted by Crippen LogP contribution is 2.15. The van der Waals surface area contributed by atoms with Crippen LogP contribution in [0.2, 0.25) is 5.02 Å². The van der Waals surface area contributed by atoms with Crippen LogP contribution in [0.5, 0.6) is 0 Å². The van der Waals surface area contributed by atoms with Gasteiger partial charge in [-0.25, -0.2) is 8.42 Å². The largest absolute Gasteiger partial charge is 0.355 e. The zero-order valence-corrected chi connectivity index (χ0v) is 14.2. The molecule has 1 heterocycles. The molecule has 0 aromatic heterocycles. The average Bonchev–Trinajstić information content (AvgIpc) is 3.01. The monoisotopic (exact) mass is 358 g/mol. The number of halogens is 1. The van der Waals surface area contributed by atoms with Gasteiger partial charge < -0.3 is 10.2 Å². The Morgan fingerprint density at radius 1 is 1.13 bits per heavy atom. The van der Waals surface area contributed by atoms with Crippen molar-refractivity contribution in [2.45, 2.75) is 24.2 Å². The normalized spacial score (nSPS) is 14.7. The Labute approximate surface area is 140 Å². The van der Waals surface area contributed by atoms with Gasteiger partial charge in [0.05, 0.1) is 4.90 Å². The molecule has 126 valence electrons. The summed E-state index contributed by atoms with van der Waals surface area (Å²) < 4.78 is 24.2. The zero-order valence-electron chi connectivity index (χ0n) is 12.6. The molecule has 0 aliphatic carbocycles. The van der Waals surface area contributed by atoms with Gasteiger partial charge in [-0.2, -0.15) is 0 Å². The molecule has 1 saturated heterocycles. The summed E-state index contributed by atoms with van der Waals surface area (Å²) in [6, 6.07) is 5.64. The van der Waals surface area contributed by atoms with E-state index in [4.69, 9.17) is 11.6 Å². The molecule has 0 atom stereocenters. The zero-order chi connectivity index (χ0) is 16.9. The second-order valence-corrected chi connectivity index (χ2v) is 7.83. The molecule has 8 heteroatoms. The molecule has 2 amide bonds. The van der Waals surface area contributed by atoms with Crippen LogP contribution in [0.25, 0.3) is 0 Å². The van der Waals surface area contributed by atoms with Crippen LogP contribution in [0.1, 0.15) is 19.3 Å². The van der Waals surface area contributed by atoms with Crippen molar-refractivity contribution in [3.8, 4) is 0 Å². The molecular weight excluding hydrogens is 340 g/mol. The van der Waals surface area contributed by atoms with Gasteiger partial charge in [0.1, 0.15) is 5.75 Å². The first-order chi connectivity index (χ1) is 10.9. The quantitative estimate of drug-likeness (QED) is 0.829. The third-order valence-corrected chi connectivity index (χ3v) is 5.50. The van der Waals surface area contributed by atoms with E-state index in [1.165, 1.54) is 24.3 Å². The van der Waals surface area contributed by atoms with Gasteiger partial charge in [-0.1, -0.05) is 11.6 Å². The molecule has 0 saturated carbocycles. The minimum atomic E-state index is -3.71. The molecule has 2 rings (SSSR count). The van der Waals surface area contributed by atoms with Gasteiger partial charge in [-0.3, -0.25) is 9.59 Å². The highest BCUT2D eigenvalue weighted by molar-refractivity contribution is 7.92. The minimum Gasteiger partial charge on any atom is -0.355 e. The molecule has 1 aliphatic rings. The Balaban J connectivity index is 1.79. The number of nitrogens with one attached hydrogen (secondary N) is 1. The highest BCUT2D eigenvalue weighted by atomic mass is 35.5. The van der Waals surface area contributed by atoms with E-state index >= 15 is 0 Å². The maximum absolute atomic E-state index is 12.1. The molecule has 1 fully saturated rings. The van der Waals surface area contributed by atoms with Gasteiger partial charge in [0.15, 0.2) is 9.84 Å². The third kappa shape index (κ3) is 5.21. The minimum absolute atomic E-state index is 0.0108. The van der Waals surface area contributed by atoms with Gasteiger partial charge in [0.2, 0.25) is 11.8 Å². The highest BCUT2D eigenvalue weighted by Gasteiger charge is 2.20. The number of nitrogens with zero attached hydrogens (tertiary/aromatic N) is 1. The number of carbonyl (C=O) groups is 2. The lowest BCUT2D eigenvalue weighted by Crippen LogP contribution is -2.35. The van der Waals surface area contributed by atoms with E-state index in [0.29, 0.717) is 5.02 Å². The summed E-state index contributed by atoms with van der Waals surface area (Å²) in [5.74, 6) is -1.27. The van der Waals surface area contributed by atoms with E-state index in [1.54, 1.807) is 4.90 Å². The lowest BCUT2D eigenvalue weighted by atomic mass is 10.3.